The van der Waals surface area contributed by atoms with Crippen molar-refractivity contribution in [2.75, 3.05) is 11.9 Å². The highest BCUT2D eigenvalue weighted by atomic mass is 19.1. The average molecular weight is 323 g/mol. The first kappa shape index (κ1) is 19.5. The van der Waals surface area contributed by atoms with Crippen molar-refractivity contribution < 1.29 is 4.39 Å². The van der Waals surface area contributed by atoms with Crippen LogP contribution in [0, 0.1) is 23.6 Å². The van der Waals surface area contributed by atoms with Crippen LogP contribution in [0.25, 0.3) is 0 Å². The van der Waals surface area contributed by atoms with Crippen LogP contribution in [0.15, 0.2) is 72.5 Å². The van der Waals surface area contributed by atoms with Gasteiger partial charge in [0.05, 0.1) is 0 Å². The summed E-state index contributed by atoms with van der Waals surface area (Å²) in [5, 5.41) is 0. The predicted molar refractivity (Wildman–Crippen MR) is 103 cm³/mol. The average Bonchev–Trinajstić information content (AvgIpc) is 2.56. The van der Waals surface area contributed by atoms with Crippen LogP contribution in [0.2, 0.25) is 0 Å². The molecule has 2 heteroatoms. The maximum absolute atomic E-state index is 13.0. The SMILES string of the molecule is C=C/C(C#CC/C=C(/C)N(C)c1ccc(F)cc1)=C\C=C/C(C)C. The molecule has 0 aliphatic carbocycles. The fourth-order valence-electron chi connectivity index (χ4n) is 1.90. The van der Waals surface area contributed by atoms with Crippen molar-refractivity contribution in [1.82, 2.24) is 0 Å². The molecule has 1 rings (SSSR count). The van der Waals surface area contributed by atoms with Crippen molar-refractivity contribution in [3.8, 4) is 11.8 Å². The lowest BCUT2D eigenvalue weighted by Crippen LogP contribution is -2.13. The number of allylic oxidation sites excluding steroid dienone is 7. The number of anilines is 1. The van der Waals surface area contributed by atoms with Gasteiger partial charge in [-0.2, -0.15) is 0 Å². The van der Waals surface area contributed by atoms with Gasteiger partial charge in [0.1, 0.15) is 5.82 Å². The molecule has 0 atom stereocenters. The second kappa shape index (κ2) is 10.3. The summed E-state index contributed by atoms with van der Waals surface area (Å²) in [6.45, 7) is 10.1. The molecule has 0 radical (unpaired) electrons. The molecule has 0 saturated carbocycles. The van der Waals surface area contributed by atoms with E-state index < -0.39 is 0 Å². The monoisotopic (exact) mass is 323 g/mol. The molecule has 0 aromatic heterocycles. The lowest BCUT2D eigenvalue weighted by Gasteiger charge is -2.19. The minimum absolute atomic E-state index is 0.227. The Hall–Kier alpha value is -2.53. The van der Waals surface area contributed by atoms with Crippen LogP contribution in [0.5, 0.6) is 0 Å². The molecule has 0 aliphatic heterocycles. The summed E-state index contributed by atoms with van der Waals surface area (Å²) in [7, 11) is 1.96. The number of hydrogen-bond donors (Lipinski definition) is 0. The summed E-state index contributed by atoms with van der Waals surface area (Å²) in [5.74, 6) is 6.54. The maximum atomic E-state index is 13.0. The highest BCUT2D eigenvalue weighted by Gasteiger charge is 2.01. The third-order valence-corrected chi connectivity index (χ3v) is 3.47. The van der Waals surface area contributed by atoms with Crippen LogP contribution in [0.3, 0.4) is 0 Å². The summed E-state index contributed by atoms with van der Waals surface area (Å²) in [6, 6.07) is 6.45. The Morgan fingerprint density at radius 3 is 2.54 bits per heavy atom. The topological polar surface area (TPSA) is 3.24 Å². The molecule has 0 amide bonds. The molecule has 0 bridgehead atoms. The largest absolute Gasteiger partial charge is 0.349 e. The number of benzene rings is 1. The van der Waals surface area contributed by atoms with E-state index in [0.29, 0.717) is 12.3 Å². The van der Waals surface area contributed by atoms with Gasteiger partial charge in [0, 0.05) is 30.4 Å². The van der Waals surface area contributed by atoms with Crippen LogP contribution in [-0.4, -0.2) is 7.05 Å². The fraction of sp³-hybridized carbons (Fsp3) is 0.273. The molecule has 1 aromatic rings. The van der Waals surface area contributed by atoms with Gasteiger partial charge >= 0.3 is 0 Å². The fourth-order valence-corrected chi connectivity index (χ4v) is 1.90. The Labute approximate surface area is 145 Å². The van der Waals surface area contributed by atoms with Gasteiger partial charge in [-0.1, -0.05) is 56.6 Å². The third kappa shape index (κ3) is 7.15. The van der Waals surface area contributed by atoms with Crippen LogP contribution in [0.1, 0.15) is 27.2 Å². The lowest BCUT2D eigenvalue weighted by molar-refractivity contribution is 0.628. The van der Waals surface area contributed by atoms with E-state index in [2.05, 4.69) is 44.4 Å². The van der Waals surface area contributed by atoms with Gasteiger partial charge in [0.15, 0.2) is 0 Å². The number of rotatable bonds is 6. The van der Waals surface area contributed by atoms with Gasteiger partial charge in [-0.15, -0.1) is 0 Å². The first-order valence-corrected chi connectivity index (χ1v) is 8.10. The molecule has 0 aliphatic rings. The molecule has 1 nitrogen and oxygen atoms in total. The second-order valence-electron chi connectivity index (χ2n) is 5.84. The van der Waals surface area contributed by atoms with E-state index in [-0.39, 0.29) is 5.82 Å². The van der Waals surface area contributed by atoms with Crippen molar-refractivity contribution in [1.29, 1.82) is 0 Å². The molecule has 0 unspecified atom stereocenters. The molecular weight excluding hydrogens is 297 g/mol. The Bertz CT molecular complexity index is 679. The molecular formula is C22H26FN. The Morgan fingerprint density at radius 2 is 1.96 bits per heavy atom. The summed E-state index contributed by atoms with van der Waals surface area (Å²) in [5.41, 5.74) is 2.92. The minimum atomic E-state index is -0.227. The molecule has 0 spiro atoms. The first-order chi connectivity index (χ1) is 11.4. The van der Waals surface area contributed by atoms with Gasteiger partial charge in [-0.3, -0.25) is 0 Å². The third-order valence-electron chi connectivity index (χ3n) is 3.47. The highest BCUT2D eigenvalue weighted by molar-refractivity contribution is 5.50. The molecule has 0 fully saturated rings. The van der Waals surface area contributed by atoms with Crippen LogP contribution in [-0.2, 0) is 0 Å². The molecule has 0 heterocycles. The number of nitrogens with zero attached hydrogens (tertiary/aromatic N) is 1. The molecule has 0 saturated heterocycles. The predicted octanol–water partition coefficient (Wildman–Crippen LogP) is 5.88. The summed E-state index contributed by atoms with van der Waals surface area (Å²) in [4.78, 5) is 2.01. The van der Waals surface area contributed by atoms with Gasteiger partial charge in [0.2, 0.25) is 0 Å². The standard InChI is InChI=1S/C22H26FN/c1-6-20(13-9-10-18(2)3)12-8-7-11-19(4)24(5)22-16-14-21(23)15-17-22/h6,9-11,13-18H,1,7H2,2-5H3/b10-9-,19-11-,20-13+. The normalized spacial score (nSPS) is 12.2. The summed E-state index contributed by atoms with van der Waals surface area (Å²) < 4.78 is 13.0. The van der Waals surface area contributed by atoms with Gasteiger partial charge in [-0.25, -0.2) is 4.39 Å². The van der Waals surface area contributed by atoms with Crippen molar-refractivity contribution >= 4 is 5.69 Å². The van der Waals surface area contributed by atoms with E-state index in [9.17, 15) is 4.39 Å². The summed E-state index contributed by atoms with van der Waals surface area (Å²) in [6.07, 6.45) is 10.6. The van der Waals surface area contributed by atoms with E-state index in [1.165, 1.54) is 12.1 Å². The Balaban J connectivity index is 2.68. The molecule has 1 aromatic carbocycles. The zero-order valence-electron chi connectivity index (χ0n) is 15.0. The quantitative estimate of drug-likeness (QED) is 0.466. The Morgan fingerprint density at radius 1 is 1.29 bits per heavy atom. The molecule has 0 N–H and O–H groups in total. The maximum Gasteiger partial charge on any atom is 0.123 e. The minimum Gasteiger partial charge on any atom is -0.349 e. The van der Waals surface area contributed by atoms with Gasteiger partial charge in [0.25, 0.3) is 0 Å². The van der Waals surface area contributed by atoms with E-state index in [4.69, 9.17) is 0 Å². The smallest absolute Gasteiger partial charge is 0.123 e. The van der Waals surface area contributed by atoms with Crippen molar-refractivity contribution in [2.45, 2.75) is 27.2 Å². The van der Waals surface area contributed by atoms with E-state index >= 15 is 0 Å². The van der Waals surface area contributed by atoms with Crippen LogP contribution >= 0.6 is 0 Å². The zero-order chi connectivity index (χ0) is 17.9. The van der Waals surface area contributed by atoms with Crippen molar-refractivity contribution in [3.63, 3.8) is 0 Å². The molecule has 24 heavy (non-hydrogen) atoms. The first-order valence-electron chi connectivity index (χ1n) is 8.10. The van der Waals surface area contributed by atoms with Crippen LogP contribution in [0.4, 0.5) is 10.1 Å². The highest BCUT2D eigenvalue weighted by Crippen LogP contribution is 2.17. The van der Waals surface area contributed by atoms with Crippen LogP contribution < -0.4 is 4.90 Å². The van der Waals surface area contributed by atoms with E-state index in [0.717, 1.165) is 17.0 Å². The van der Waals surface area contributed by atoms with Gasteiger partial charge < -0.3 is 4.90 Å². The van der Waals surface area contributed by atoms with E-state index in [1.807, 2.05) is 31.0 Å². The summed E-state index contributed by atoms with van der Waals surface area (Å²) >= 11 is 0. The lowest BCUT2D eigenvalue weighted by atomic mass is 10.2. The zero-order valence-corrected chi connectivity index (χ0v) is 15.0. The Kier molecular flexibility index (Phi) is 8.36. The molecule has 126 valence electrons. The number of hydrogen-bond acceptors (Lipinski definition) is 1. The van der Waals surface area contributed by atoms with Gasteiger partial charge in [-0.05, 0) is 43.2 Å². The van der Waals surface area contributed by atoms with E-state index in [1.54, 1.807) is 18.2 Å². The van der Waals surface area contributed by atoms with Crippen molar-refractivity contribution in [3.05, 3.63) is 78.3 Å². The van der Waals surface area contributed by atoms with Crippen molar-refractivity contribution in [2.24, 2.45) is 5.92 Å². The second-order valence-corrected chi connectivity index (χ2v) is 5.84. The number of halogens is 1.